The van der Waals surface area contributed by atoms with E-state index in [1.165, 1.54) is 4.90 Å². The molecule has 1 aromatic heterocycles. The van der Waals surface area contributed by atoms with E-state index >= 15 is 0 Å². The predicted octanol–water partition coefficient (Wildman–Crippen LogP) is 1.35. The van der Waals surface area contributed by atoms with Gasteiger partial charge in [-0.2, -0.15) is 0 Å². The van der Waals surface area contributed by atoms with Gasteiger partial charge in [-0.15, -0.1) is 0 Å². The minimum atomic E-state index is -0.576. The number of fused-ring (bicyclic) bond motifs is 1. The lowest BCUT2D eigenvalue weighted by Crippen LogP contribution is -3.11. The topological polar surface area (TPSA) is 67.1 Å². The SMILES string of the molecule is CC[NH+](CC)CCN=CC1C(=O)N(c2ccccn2)C(=O)c2ccccc21. The van der Waals surface area contributed by atoms with Gasteiger partial charge >= 0.3 is 0 Å². The number of hydrogen-bond donors (Lipinski definition) is 1. The molecule has 0 bridgehead atoms. The van der Waals surface area contributed by atoms with Crippen molar-refractivity contribution in [3.63, 3.8) is 0 Å². The standard InChI is InChI=1S/C21H24N4O2/c1-3-24(4-2)14-13-22-15-18-16-9-5-6-10-17(16)20(26)25(21(18)27)19-11-7-8-12-23-19/h5-12,15,18H,3-4,13-14H2,1-2H3/p+1. The number of nitrogens with one attached hydrogen (secondary N) is 1. The van der Waals surface area contributed by atoms with Crippen LogP contribution in [0.2, 0.25) is 0 Å². The lowest BCUT2D eigenvalue weighted by molar-refractivity contribution is -0.894. The van der Waals surface area contributed by atoms with E-state index in [2.05, 4.69) is 23.8 Å². The highest BCUT2D eigenvalue weighted by Gasteiger charge is 2.39. The van der Waals surface area contributed by atoms with Crippen LogP contribution in [0.4, 0.5) is 5.82 Å². The highest BCUT2D eigenvalue weighted by atomic mass is 16.2. The summed E-state index contributed by atoms with van der Waals surface area (Å²) >= 11 is 0. The maximum Gasteiger partial charge on any atom is 0.266 e. The Kier molecular flexibility index (Phi) is 6.08. The molecule has 1 unspecified atom stereocenters. The van der Waals surface area contributed by atoms with Gasteiger partial charge < -0.3 is 4.90 Å². The van der Waals surface area contributed by atoms with E-state index in [0.29, 0.717) is 23.5 Å². The summed E-state index contributed by atoms with van der Waals surface area (Å²) in [4.78, 5) is 37.3. The van der Waals surface area contributed by atoms with Crippen molar-refractivity contribution in [1.29, 1.82) is 0 Å². The van der Waals surface area contributed by atoms with Gasteiger partial charge in [0.05, 0.1) is 32.1 Å². The van der Waals surface area contributed by atoms with Crippen LogP contribution in [0.3, 0.4) is 0 Å². The average molecular weight is 365 g/mol. The monoisotopic (exact) mass is 365 g/mol. The van der Waals surface area contributed by atoms with Gasteiger partial charge in [-0.05, 0) is 37.6 Å². The number of hydrogen-bond acceptors (Lipinski definition) is 4. The number of aliphatic imine (C=N–C) groups is 1. The number of likely N-dealkylation sites (N-methyl/N-ethyl adjacent to an activating group) is 1. The largest absolute Gasteiger partial charge is 0.334 e. The Balaban J connectivity index is 1.89. The first-order valence-corrected chi connectivity index (χ1v) is 9.39. The molecule has 6 nitrogen and oxygen atoms in total. The quantitative estimate of drug-likeness (QED) is 0.595. The third-order valence-electron chi connectivity index (χ3n) is 4.94. The van der Waals surface area contributed by atoms with Crippen LogP contribution in [-0.2, 0) is 4.79 Å². The van der Waals surface area contributed by atoms with Crippen molar-refractivity contribution in [2.24, 2.45) is 4.99 Å². The van der Waals surface area contributed by atoms with Crippen LogP contribution < -0.4 is 9.80 Å². The van der Waals surface area contributed by atoms with E-state index in [1.54, 1.807) is 42.7 Å². The maximum absolute atomic E-state index is 13.1. The summed E-state index contributed by atoms with van der Waals surface area (Å²) in [7, 11) is 0. The van der Waals surface area contributed by atoms with Gasteiger partial charge in [0.15, 0.2) is 0 Å². The van der Waals surface area contributed by atoms with Crippen LogP contribution in [0, 0.1) is 0 Å². The van der Waals surface area contributed by atoms with E-state index in [4.69, 9.17) is 0 Å². The molecular formula is C21H25N4O2+. The zero-order valence-corrected chi connectivity index (χ0v) is 15.8. The Morgan fingerprint density at radius 1 is 1.11 bits per heavy atom. The van der Waals surface area contributed by atoms with E-state index in [1.807, 2.05) is 12.1 Å². The minimum Gasteiger partial charge on any atom is -0.334 e. The number of anilines is 1. The fourth-order valence-electron chi connectivity index (χ4n) is 3.31. The predicted molar refractivity (Wildman–Crippen MR) is 106 cm³/mol. The summed E-state index contributed by atoms with van der Waals surface area (Å²) in [6.45, 7) is 7.99. The molecule has 0 saturated heterocycles. The fourth-order valence-corrected chi connectivity index (χ4v) is 3.31. The normalized spacial score (nSPS) is 17.0. The summed E-state index contributed by atoms with van der Waals surface area (Å²) in [6.07, 6.45) is 3.26. The molecule has 3 rings (SSSR count). The molecule has 27 heavy (non-hydrogen) atoms. The average Bonchev–Trinajstić information content (AvgIpc) is 2.71. The summed E-state index contributed by atoms with van der Waals surface area (Å²) < 4.78 is 0. The Morgan fingerprint density at radius 2 is 1.85 bits per heavy atom. The number of aromatic nitrogens is 1. The number of quaternary nitrogens is 1. The number of carbonyl (C=O) groups excluding carboxylic acids is 2. The van der Waals surface area contributed by atoms with Crippen molar-refractivity contribution >= 4 is 23.8 Å². The second-order valence-electron chi connectivity index (χ2n) is 6.49. The van der Waals surface area contributed by atoms with E-state index in [0.717, 1.165) is 24.5 Å². The summed E-state index contributed by atoms with van der Waals surface area (Å²) in [5.41, 5.74) is 1.23. The van der Waals surface area contributed by atoms with Gasteiger partial charge in [0, 0.05) is 18.0 Å². The van der Waals surface area contributed by atoms with Crippen LogP contribution in [0.1, 0.15) is 35.7 Å². The van der Waals surface area contributed by atoms with Gasteiger partial charge in [0.25, 0.3) is 5.91 Å². The molecule has 6 heteroatoms. The summed E-state index contributed by atoms with van der Waals surface area (Å²) in [5, 5.41) is 0. The van der Waals surface area contributed by atoms with Crippen LogP contribution in [0.5, 0.6) is 0 Å². The molecule has 0 saturated carbocycles. The van der Waals surface area contributed by atoms with Gasteiger partial charge in [0.2, 0.25) is 5.91 Å². The zero-order valence-electron chi connectivity index (χ0n) is 15.8. The zero-order chi connectivity index (χ0) is 19.2. The van der Waals surface area contributed by atoms with Crippen LogP contribution >= 0.6 is 0 Å². The molecule has 1 N–H and O–H groups in total. The molecule has 1 aliphatic rings. The molecule has 140 valence electrons. The van der Waals surface area contributed by atoms with Crippen LogP contribution in [-0.4, -0.2) is 49.2 Å². The van der Waals surface area contributed by atoms with E-state index < -0.39 is 5.92 Å². The number of imide groups is 1. The molecule has 2 heterocycles. The number of nitrogens with zero attached hydrogens (tertiary/aromatic N) is 3. The third kappa shape index (κ3) is 3.95. The van der Waals surface area contributed by atoms with Crippen molar-refractivity contribution in [2.75, 3.05) is 31.1 Å². The van der Waals surface area contributed by atoms with Crippen molar-refractivity contribution in [2.45, 2.75) is 19.8 Å². The van der Waals surface area contributed by atoms with Crippen molar-refractivity contribution in [1.82, 2.24) is 4.98 Å². The number of pyridine rings is 1. The first-order valence-electron chi connectivity index (χ1n) is 9.39. The van der Waals surface area contributed by atoms with Crippen molar-refractivity contribution < 1.29 is 14.5 Å². The molecule has 1 aromatic carbocycles. The minimum absolute atomic E-state index is 0.309. The number of carbonyl (C=O) groups is 2. The molecule has 0 fully saturated rings. The summed E-state index contributed by atoms with van der Waals surface area (Å²) in [6, 6.07) is 12.4. The summed E-state index contributed by atoms with van der Waals surface area (Å²) in [5.74, 6) is -0.886. The van der Waals surface area contributed by atoms with Gasteiger partial charge in [-0.1, -0.05) is 24.3 Å². The Hall–Kier alpha value is -2.86. The second kappa shape index (κ2) is 8.68. The first kappa shape index (κ1) is 18.9. The van der Waals surface area contributed by atoms with Gasteiger partial charge in [0.1, 0.15) is 5.82 Å². The smallest absolute Gasteiger partial charge is 0.266 e. The highest BCUT2D eigenvalue weighted by Crippen LogP contribution is 2.30. The number of amides is 2. The molecule has 1 aliphatic heterocycles. The second-order valence-corrected chi connectivity index (χ2v) is 6.49. The maximum atomic E-state index is 13.1. The number of rotatable bonds is 7. The molecule has 0 spiro atoms. The van der Waals surface area contributed by atoms with Crippen molar-refractivity contribution in [3.8, 4) is 0 Å². The molecular weight excluding hydrogens is 340 g/mol. The van der Waals surface area contributed by atoms with Crippen LogP contribution in [0.15, 0.2) is 53.7 Å². The molecule has 0 aliphatic carbocycles. The fraction of sp³-hybridized carbons (Fsp3) is 0.333. The Labute approximate surface area is 159 Å². The van der Waals surface area contributed by atoms with E-state index in [-0.39, 0.29) is 11.8 Å². The molecule has 1 atom stereocenters. The number of benzene rings is 1. The highest BCUT2D eigenvalue weighted by molar-refractivity contribution is 6.28. The van der Waals surface area contributed by atoms with Crippen LogP contribution in [0.25, 0.3) is 0 Å². The van der Waals surface area contributed by atoms with Crippen molar-refractivity contribution in [3.05, 3.63) is 59.8 Å². The lowest BCUT2D eigenvalue weighted by atomic mass is 9.89. The molecule has 2 aromatic rings. The Bertz CT molecular complexity index is 831. The Morgan fingerprint density at radius 3 is 2.56 bits per heavy atom. The lowest BCUT2D eigenvalue weighted by Gasteiger charge is -2.30. The first-order chi connectivity index (χ1) is 13.2. The van der Waals surface area contributed by atoms with Gasteiger partial charge in [-0.3, -0.25) is 14.6 Å². The third-order valence-corrected chi connectivity index (χ3v) is 4.94. The van der Waals surface area contributed by atoms with E-state index in [9.17, 15) is 9.59 Å². The molecule has 0 radical (unpaired) electrons. The molecule has 2 amide bonds. The van der Waals surface area contributed by atoms with Gasteiger partial charge in [-0.25, -0.2) is 9.88 Å².